The number of nitrogens with zero attached hydrogens (tertiary/aromatic N) is 2. The summed E-state index contributed by atoms with van der Waals surface area (Å²) in [6.45, 7) is 0. The first-order valence-electron chi connectivity index (χ1n) is 4.47. The second kappa shape index (κ2) is 4.38. The molecule has 1 aromatic heterocycles. The van der Waals surface area contributed by atoms with Crippen molar-refractivity contribution in [3.05, 3.63) is 58.9 Å². The van der Waals surface area contributed by atoms with Gasteiger partial charge in [0, 0.05) is 16.8 Å². The third-order valence-corrected chi connectivity index (χ3v) is 2.32. The van der Waals surface area contributed by atoms with Crippen LogP contribution in [0.4, 0.5) is 0 Å². The zero-order chi connectivity index (χ0) is 10.7. The first kappa shape index (κ1) is 10.1. The van der Waals surface area contributed by atoms with E-state index in [0.717, 1.165) is 5.56 Å². The smallest absolute Gasteiger partial charge is 0.106 e. The van der Waals surface area contributed by atoms with Gasteiger partial charge in [-0.05, 0) is 23.8 Å². The van der Waals surface area contributed by atoms with Crippen LogP contribution < -0.4 is 0 Å². The molecule has 1 atom stereocenters. The number of aliphatic hydroxyl groups excluding tert-OH is 1. The quantitative estimate of drug-likeness (QED) is 0.844. The fourth-order valence-electron chi connectivity index (χ4n) is 1.33. The molecule has 0 aliphatic carbocycles. The van der Waals surface area contributed by atoms with Crippen molar-refractivity contribution in [1.29, 1.82) is 0 Å². The van der Waals surface area contributed by atoms with E-state index >= 15 is 0 Å². The summed E-state index contributed by atoms with van der Waals surface area (Å²) in [6.07, 6.45) is 2.37. The van der Waals surface area contributed by atoms with E-state index in [-0.39, 0.29) is 0 Å². The third kappa shape index (κ3) is 2.32. The molecule has 15 heavy (non-hydrogen) atoms. The molecule has 0 aliphatic heterocycles. The van der Waals surface area contributed by atoms with Gasteiger partial charge in [-0.2, -0.15) is 10.2 Å². The Morgan fingerprint density at radius 1 is 1.13 bits per heavy atom. The number of aromatic nitrogens is 2. The highest BCUT2D eigenvalue weighted by molar-refractivity contribution is 6.30. The fourth-order valence-corrected chi connectivity index (χ4v) is 1.53. The molecule has 0 spiro atoms. The lowest BCUT2D eigenvalue weighted by Crippen LogP contribution is -2.00. The number of benzene rings is 1. The third-order valence-electron chi connectivity index (χ3n) is 2.09. The van der Waals surface area contributed by atoms with Gasteiger partial charge in [-0.25, -0.2) is 0 Å². The maximum absolute atomic E-state index is 9.99. The molecule has 0 saturated heterocycles. The first-order chi connectivity index (χ1) is 7.27. The number of halogens is 1. The molecule has 1 aromatic carbocycles. The minimum Gasteiger partial charge on any atom is -0.384 e. The molecule has 2 rings (SSSR count). The molecule has 1 unspecified atom stereocenters. The first-order valence-corrected chi connectivity index (χ1v) is 4.85. The van der Waals surface area contributed by atoms with Crippen molar-refractivity contribution in [2.24, 2.45) is 0 Å². The van der Waals surface area contributed by atoms with E-state index in [9.17, 15) is 5.11 Å². The normalized spacial score (nSPS) is 12.4. The number of aliphatic hydroxyl groups is 1. The number of hydrogen-bond acceptors (Lipinski definition) is 3. The Morgan fingerprint density at radius 2 is 2.00 bits per heavy atom. The molecule has 0 bridgehead atoms. The minimum atomic E-state index is -0.709. The van der Waals surface area contributed by atoms with Crippen molar-refractivity contribution in [2.75, 3.05) is 0 Å². The SMILES string of the molecule is OC(c1ccnnc1)c1cccc(Cl)c1. The molecular weight excluding hydrogens is 212 g/mol. The number of hydrogen-bond donors (Lipinski definition) is 1. The van der Waals surface area contributed by atoms with Gasteiger partial charge >= 0.3 is 0 Å². The molecule has 0 fully saturated rings. The highest BCUT2D eigenvalue weighted by Crippen LogP contribution is 2.22. The van der Waals surface area contributed by atoms with Crippen molar-refractivity contribution < 1.29 is 5.11 Å². The van der Waals surface area contributed by atoms with E-state index in [1.54, 1.807) is 30.5 Å². The molecule has 0 saturated carbocycles. The molecule has 1 heterocycles. The summed E-state index contributed by atoms with van der Waals surface area (Å²) >= 11 is 5.84. The summed E-state index contributed by atoms with van der Waals surface area (Å²) < 4.78 is 0. The van der Waals surface area contributed by atoms with Gasteiger partial charge in [0.1, 0.15) is 6.10 Å². The molecule has 0 amide bonds. The van der Waals surface area contributed by atoms with Crippen LogP contribution >= 0.6 is 11.6 Å². The van der Waals surface area contributed by atoms with E-state index in [1.807, 2.05) is 6.07 Å². The molecular formula is C11H9ClN2O. The van der Waals surface area contributed by atoms with Crippen molar-refractivity contribution in [2.45, 2.75) is 6.10 Å². The van der Waals surface area contributed by atoms with E-state index in [1.165, 1.54) is 6.20 Å². The average Bonchev–Trinajstić information content (AvgIpc) is 2.29. The topological polar surface area (TPSA) is 46.0 Å². The van der Waals surface area contributed by atoms with Crippen LogP contribution in [0.15, 0.2) is 42.7 Å². The largest absolute Gasteiger partial charge is 0.384 e. The Kier molecular flexibility index (Phi) is 2.94. The van der Waals surface area contributed by atoms with Crippen LogP contribution in [-0.2, 0) is 0 Å². The van der Waals surface area contributed by atoms with E-state index in [0.29, 0.717) is 10.6 Å². The van der Waals surface area contributed by atoms with Crippen LogP contribution in [0.5, 0.6) is 0 Å². The van der Waals surface area contributed by atoms with Crippen LogP contribution in [0.3, 0.4) is 0 Å². The lowest BCUT2D eigenvalue weighted by atomic mass is 10.0. The Balaban J connectivity index is 2.32. The van der Waals surface area contributed by atoms with E-state index in [2.05, 4.69) is 10.2 Å². The molecule has 0 aliphatic rings. The van der Waals surface area contributed by atoms with Crippen molar-refractivity contribution in [3.8, 4) is 0 Å². The van der Waals surface area contributed by atoms with Gasteiger partial charge in [0.05, 0.1) is 6.20 Å². The van der Waals surface area contributed by atoms with Gasteiger partial charge in [-0.15, -0.1) is 0 Å². The Bertz CT molecular complexity index is 447. The fraction of sp³-hybridized carbons (Fsp3) is 0.0909. The monoisotopic (exact) mass is 220 g/mol. The van der Waals surface area contributed by atoms with Gasteiger partial charge in [-0.1, -0.05) is 23.7 Å². The lowest BCUT2D eigenvalue weighted by molar-refractivity contribution is 0.219. The van der Waals surface area contributed by atoms with Crippen LogP contribution in [-0.4, -0.2) is 15.3 Å². The summed E-state index contributed by atoms with van der Waals surface area (Å²) in [5, 5.41) is 18.0. The Morgan fingerprint density at radius 3 is 2.67 bits per heavy atom. The standard InChI is InChI=1S/C11H9ClN2O/c12-10-3-1-2-8(6-10)11(15)9-4-5-13-14-7-9/h1-7,11,15H. The van der Waals surface area contributed by atoms with Crippen LogP contribution in [0, 0.1) is 0 Å². The molecule has 1 N–H and O–H groups in total. The van der Waals surface area contributed by atoms with E-state index < -0.39 is 6.10 Å². The molecule has 2 aromatic rings. The predicted molar refractivity (Wildman–Crippen MR) is 57.5 cm³/mol. The summed E-state index contributed by atoms with van der Waals surface area (Å²) in [6, 6.07) is 8.83. The summed E-state index contributed by atoms with van der Waals surface area (Å²) in [4.78, 5) is 0. The van der Waals surface area contributed by atoms with Crippen LogP contribution in [0.25, 0.3) is 0 Å². The van der Waals surface area contributed by atoms with Gasteiger partial charge in [0.25, 0.3) is 0 Å². The zero-order valence-electron chi connectivity index (χ0n) is 7.84. The molecule has 3 nitrogen and oxygen atoms in total. The summed E-state index contributed by atoms with van der Waals surface area (Å²) in [5.41, 5.74) is 1.45. The van der Waals surface area contributed by atoms with Gasteiger partial charge in [-0.3, -0.25) is 0 Å². The van der Waals surface area contributed by atoms with E-state index in [4.69, 9.17) is 11.6 Å². The van der Waals surface area contributed by atoms with Crippen molar-refractivity contribution >= 4 is 11.6 Å². The second-order valence-corrected chi connectivity index (χ2v) is 3.57. The highest BCUT2D eigenvalue weighted by Gasteiger charge is 2.10. The predicted octanol–water partition coefficient (Wildman–Crippen LogP) is 2.21. The maximum Gasteiger partial charge on any atom is 0.106 e. The van der Waals surface area contributed by atoms with Gasteiger partial charge < -0.3 is 5.11 Å². The van der Waals surface area contributed by atoms with Crippen molar-refractivity contribution in [1.82, 2.24) is 10.2 Å². The lowest BCUT2D eigenvalue weighted by Gasteiger charge is -2.10. The minimum absolute atomic E-state index is 0.605. The highest BCUT2D eigenvalue weighted by atomic mass is 35.5. The van der Waals surface area contributed by atoms with Crippen molar-refractivity contribution in [3.63, 3.8) is 0 Å². The number of rotatable bonds is 2. The second-order valence-electron chi connectivity index (χ2n) is 3.13. The Hall–Kier alpha value is -1.45. The molecule has 4 heteroatoms. The van der Waals surface area contributed by atoms with Crippen LogP contribution in [0.1, 0.15) is 17.2 Å². The molecule has 76 valence electrons. The van der Waals surface area contributed by atoms with Gasteiger partial charge in [0.15, 0.2) is 0 Å². The summed E-state index contributed by atoms with van der Waals surface area (Å²) in [5.74, 6) is 0. The van der Waals surface area contributed by atoms with Crippen LogP contribution in [0.2, 0.25) is 5.02 Å². The molecule has 0 radical (unpaired) electrons. The zero-order valence-corrected chi connectivity index (χ0v) is 8.59. The Labute approximate surface area is 92.4 Å². The van der Waals surface area contributed by atoms with Gasteiger partial charge in [0.2, 0.25) is 0 Å². The average molecular weight is 221 g/mol. The maximum atomic E-state index is 9.99. The summed E-state index contributed by atoms with van der Waals surface area (Å²) in [7, 11) is 0.